The maximum Gasteiger partial charge on any atom is 0.261 e. The molecular formula is C18H22F2N4O3. The summed E-state index contributed by atoms with van der Waals surface area (Å²) in [5.41, 5.74) is 7.13. The van der Waals surface area contributed by atoms with Crippen molar-refractivity contribution in [1.82, 2.24) is 15.5 Å². The Hall–Kier alpha value is -2.39. The van der Waals surface area contributed by atoms with E-state index in [4.69, 9.17) is 5.73 Å². The summed E-state index contributed by atoms with van der Waals surface area (Å²) >= 11 is 0. The van der Waals surface area contributed by atoms with Crippen molar-refractivity contribution in [2.45, 2.75) is 44.3 Å². The zero-order valence-electron chi connectivity index (χ0n) is 14.8. The highest BCUT2D eigenvalue weighted by Crippen LogP contribution is 2.29. The summed E-state index contributed by atoms with van der Waals surface area (Å²) in [5, 5.41) is 5.22. The molecule has 1 unspecified atom stereocenters. The molecule has 2 heterocycles. The smallest absolute Gasteiger partial charge is 0.261 e. The number of halogens is 2. The zero-order chi connectivity index (χ0) is 19.6. The number of fused-ring (bicyclic) bond motifs is 1. The normalized spacial score (nSPS) is 20.0. The van der Waals surface area contributed by atoms with Gasteiger partial charge in [0.25, 0.3) is 11.8 Å². The molecule has 146 valence electrons. The molecule has 27 heavy (non-hydrogen) atoms. The maximum atomic E-state index is 13.2. The van der Waals surface area contributed by atoms with E-state index in [2.05, 4.69) is 10.6 Å². The van der Waals surface area contributed by atoms with Crippen molar-refractivity contribution < 1.29 is 23.2 Å². The molecule has 1 atom stereocenters. The van der Waals surface area contributed by atoms with Gasteiger partial charge in [0.1, 0.15) is 6.04 Å². The van der Waals surface area contributed by atoms with Crippen LogP contribution in [0.5, 0.6) is 0 Å². The van der Waals surface area contributed by atoms with Gasteiger partial charge in [-0.15, -0.1) is 0 Å². The second kappa shape index (κ2) is 7.69. The minimum absolute atomic E-state index is 0.0959. The predicted octanol–water partition coefficient (Wildman–Crippen LogP) is 0.521. The Balaban J connectivity index is 1.67. The monoisotopic (exact) mass is 380 g/mol. The van der Waals surface area contributed by atoms with Gasteiger partial charge in [-0.25, -0.2) is 8.78 Å². The first-order chi connectivity index (χ1) is 12.8. The van der Waals surface area contributed by atoms with E-state index in [9.17, 15) is 23.2 Å². The van der Waals surface area contributed by atoms with E-state index in [-0.39, 0.29) is 37.7 Å². The van der Waals surface area contributed by atoms with Crippen LogP contribution in [0.2, 0.25) is 0 Å². The van der Waals surface area contributed by atoms with E-state index >= 15 is 0 Å². The Labute approximate surface area is 155 Å². The molecule has 4 N–H and O–H groups in total. The van der Waals surface area contributed by atoms with Crippen molar-refractivity contribution in [3.05, 3.63) is 34.9 Å². The Morgan fingerprint density at radius 3 is 2.78 bits per heavy atom. The molecule has 0 radical (unpaired) electrons. The van der Waals surface area contributed by atoms with Crippen LogP contribution in [0.1, 0.15) is 40.7 Å². The Bertz CT molecular complexity index is 769. The number of amides is 3. The van der Waals surface area contributed by atoms with Gasteiger partial charge < -0.3 is 16.0 Å². The van der Waals surface area contributed by atoms with Gasteiger partial charge in [0.2, 0.25) is 11.8 Å². The van der Waals surface area contributed by atoms with Crippen molar-refractivity contribution in [2.24, 2.45) is 5.73 Å². The Kier molecular flexibility index (Phi) is 5.52. The number of piperidine rings is 1. The molecule has 3 rings (SSSR count). The Morgan fingerprint density at radius 1 is 1.30 bits per heavy atom. The number of benzene rings is 1. The van der Waals surface area contributed by atoms with Crippen LogP contribution in [0.15, 0.2) is 18.2 Å². The number of carbonyl (C=O) groups excluding carboxylic acids is 3. The fourth-order valence-electron chi connectivity index (χ4n) is 3.41. The van der Waals surface area contributed by atoms with Gasteiger partial charge in [-0.1, -0.05) is 12.1 Å². The summed E-state index contributed by atoms with van der Waals surface area (Å²) < 4.78 is 26.4. The molecule has 0 saturated carbocycles. The van der Waals surface area contributed by atoms with Gasteiger partial charge in [0, 0.05) is 38.0 Å². The third kappa shape index (κ3) is 4.14. The standard InChI is InChI=1S/C18H22F2N4O3/c19-18(20,10-21)6-7-22-8-11-2-1-3-12-13(11)9-24(17(12)27)14-4-5-15(25)23-16(14)26/h1-3,14,22H,4-10,21H2,(H,23,25,26). The summed E-state index contributed by atoms with van der Waals surface area (Å²) in [6.45, 7) is 0.00105. The number of nitrogens with zero attached hydrogens (tertiary/aromatic N) is 1. The largest absolute Gasteiger partial charge is 0.325 e. The topological polar surface area (TPSA) is 105 Å². The van der Waals surface area contributed by atoms with Gasteiger partial charge in [-0.3, -0.25) is 19.7 Å². The molecule has 2 aliphatic rings. The lowest BCUT2D eigenvalue weighted by molar-refractivity contribution is -0.136. The van der Waals surface area contributed by atoms with Crippen LogP contribution in [0.4, 0.5) is 8.78 Å². The highest BCUT2D eigenvalue weighted by molar-refractivity contribution is 6.05. The van der Waals surface area contributed by atoms with Gasteiger partial charge in [0.15, 0.2) is 0 Å². The zero-order valence-corrected chi connectivity index (χ0v) is 14.8. The van der Waals surface area contributed by atoms with Gasteiger partial charge in [-0.05, 0) is 23.6 Å². The summed E-state index contributed by atoms with van der Waals surface area (Å²) in [5.74, 6) is -3.95. The summed E-state index contributed by atoms with van der Waals surface area (Å²) in [7, 11) is 0. The van der Waals surface area contributed by atoms with Crippen molar-refractivity contribution in [3.8, 4) is 0 Å². The molecule has 1 saturated heterocycles. The number of carbonyl (C=O) groups is 3. The molecule has 7 nitrogen and oxygen atoms in total. The van der Waals surface area contributed by atoms with Crippen LogP contribution in [0.3, 0.4) is 0 Å². The predicted molar refractivity (Wildman–Crippen MR) is 92.8 cm³/mol. The average molecular weight is 380 g/mol. The number of hydrogen-bond donors (Lipinski definition) is 3. The fourth-order valence-corrected chi connectivity index (χ4v) is 3.41. The lowest BCUT2D eigenvalue weighted by atomic mass is 10.0. The molecule has 1 fully saturated rings. The van der Waals surface area contributed by atoms with Crippen LogP contribution in [0.25, 0.3) is 0 Å². The first-order valence-electron chi connectivity index (χ1n) is 8.86. The van der Waals surface area contributed by atoms with E-state index in [1.54, 1.807) is 12.1 Å². The maximum absolute atomic E-state index is 13.2. The van der Waals surface area contributed by atoms with Crippen LogP contribution >= 0.6 is 0 Å². The van der Waals surface area contributed by atoms with Crippen LogP contribution in [0, 0.1) is 0 Å². The number of nitrogens with one attached hydrogen (secondary N) is 2. The Morgan fingerprint density at radius 2 is 2.07 bits per heavy atom. The third-order valence-electron chi connectivity index (χ3n) is 4.96. The molecule has 2 aliphatic heterocycles. The van der Waals surface area contributed by atoms with Crippen molar-refractivity contribution in [3.63, 3.8) is 0 Å². The van der Waals surface area contributed by atoms with Crippen molar-refractivity contribution in [1.29, 1.82) is 0 Å². The minimum atomic E-state index is -2.90. The fraction of sp³-hybridized carbons (Fsp3) is 0.500. The molecule has 0 aromatic heterocycles. The molecule has 0 aliphatic carbocycles. The average Bonchev–Trinajstić information content (AvgIpc) is 2.96. The van der Waals surface area contributed by atoms with Gasteiger partial charge in [0.05, 0.1) is 6.54 Å². The van der Waals surface area contributed by atoms with Crippen LogP contribution in [-0.4, -0.2) is 47.7 Å². The van der Waals surface area contributed by atoms with Crippen LogP contribution in [-0.2, 0) is 22.7 Å². The third-order valence-corrected chi connectivity index (χ3v) is 4.96. The second-order valence-corrected chi connectivity index (χ2v) is 6.83. The highest BCUT2D eigenvalue weighted by atomic mass is 19.3. The summed E-state index contributed by atoms with van der Waals surface area (Å²) in [6.07, 6.45) is 0.131. The summed E-state index contributed by atoms with van der Waals surface area (Å²) in [6, 6.07) is 4.58. The number of rotatable bonds is 7. The lowest BCUT2D eigenvalue weighted by Gasteiger charge is -2.29. The number of nitrogens with two attached hydrogens (primary N) is 1. The van der Waals surface area contributed by atoms with Crippen molar-refractivity contribution >= 4 is 17.7 Å². The molecule has 9 heteroatoms. The van der Waals surface area contributed by atoms with Crippen molar-refractivity contribution in [2.75, 3.05) is 13.1 Å². The highest BCUT2D eigenvalue weighted by Gasteiger charge is 2.39. The van der Waals surface area contributed by atoms with E-state index < -0.39 is 24.4 Å². The van der Waals surface area contributed by atoms with E-state index in [0.29, 0.717) is 18.5 Å². The minimum Gasteiger partial charge on any atom is -0.325 e. The number of hydrogen-bond acceptors (Lipinski definition) is 5. The molecule has 0 spiro atoms. The first-order valence-corrected chi connectivity index (χ1v) is 8.86. The number of alkyl halides is 2. The second-order valence-electron chi connectivity index (χ2n) is 6.83. The van der Waals surface area contributed by atoms with E-state index in [1.165, 1.54) is 4.90 Å². The lowest BCUT2D eigenvalue weighted by Crippen LogP contribution is -2.52. The van der Waals surface area contributed by atoms with E-state index in [1.807, 2.05) is 6.07 Å². The van der Waals surface area contributed by atoms with Gasteiger partial charge >= 0.3 is 0 Å². The van der Waals surface area contributed by atoms with Crippen LogP contribution < -0.4 is 16.4 Å². The molecule has 1 aromatic carbocycles. The molecule has 1 aromatic rings. The molecule has 0 bridgehead atoms. The van der Waals surface area contributed by atoms with E-state index in [0.717, 1.165) is 11.1 Å². The molecular weight excluding hydrogens is 358 g/mol. The quantitative estimate of drug-likeness (QED) is 0.473. The summed E-state index contributed by atoms with van der Waals surface area (Å²) in [4.78, 5) is 37.6. The SMILES string of the molecule is NCC(F)(F)CCNCc1cccc2c1CN(C1CCC(=O)NC1=O)C2=O. The number of imide groups is 1. The van der Waals surface area contributed by atoms with Gasteiger partial charge in [-0.2, -0.15) is 0 Å². The molecule has 3 amide bonds. The first kappa shape index (κ1) is 19.4.